The second-order valence-electron chi connectivity index (χ2n) is 4.34. The fourth-order valence-corrected chi connectivity index (χ4v) is 1.88. The summed E-state index contributed by atoms with van der Waals surface area (Å²) in [6.07, 6.45) is 1.29. The Balaban J connectivity index is 1.62. The van der Waals surface area contributed by atoms with Crippen LogP contribution >= 0.6 is 23.2 Å². The van der Waals surface area contributed by atoms with Crippen molar-refractivity contribution in [2.24, 2.45) is 0 Å². The summed E-state index contributed by atoms with van der Waals surface area (Å²) in [5, 5.41) is 17.4. The highest BCUT2D eigenvalue weighted by Gasteiger charge is 2.07. The maximum absolute atomic E-state index is 9.80. The second-order valence-corrected chi connectivity index (χ2v) is 5.16. The number of hydrogen-bond donors (Lipinski definition) is 2. The summed E-state index contributed by atoms with van der Waals surface area (Å²) in [6.45, 7) is 1.20. The minimum absolute atomic E-state index is 0.160. The molecule has 1 heterocycles. The topological polar surface area (TPSA) is 80.4 Å². The number of nitrogens with one attached hydrogen (secondary N) is 1. The number of nitrogens with zero attached hydrogens (tertiary/aromatic N) is 2. The highest BCUT2D eigenvalue weighted by Crippen LogP contribution is 2.26. The van der Waals surface area contributed by atoms with Gasteiger partial charge in [0.25, 0.3) is 0 Å². The number of ether oxygens (including phenoxy) is 1. The zero-order valence-electron chi connectivity index (χ0n) is 11.1. The third-order valence-corrected chi connectivity index (χ3v) is 3.38. The Kier molecular flexibility index (Phi) is 6.25. The second kappa shape index (κ2) is 8.19. The predicted molar refractivity (Wildman–Crippen MR) is 78.8 cm³/mol. The van der Waals surface area contributed by atoms with Crippen LogP contribution < -0.4 is 10.1 Å². The van der Waals surface area contributed by atoms with E-state index < -0.39 is 6.10 Å². The number of halogens is 2. The fourth-order valence-electron chi connectivity index (χ4n) is 1.59. The van der Waals surface area contributed by atoms with Crippen LogP contribution in [0, 0.1) is 0 Å². The fraction of sp³-hybridized carbons (Fsp3) is 0.385. The highest BCUT2D eigenvalue weighted by atomic mass is 35.5. The van der Waals surface area contributed by atoms with Crippen molar-refractivity contribution in [3.63, 3.8) is 0 Å². The highest BCUT2D eigenvalue weighted by molar-refractivity contribution is 6.42. The Morgan fingerprint density at radius 3 is 2.90 bits per heavy atom. The van der Waals surface area contributed by atoms with Crippen LogP contribution in [0.25, 0.3) is 0 Å². The van der Waals surface area contributed by atoms with Gasteiger partial charge in [-0.1, -0.05) is 28.4 Å². The summed E-state index contributed by atoms with van der Waals surface area (Å²) in [5.41, 5.74) is 0. The van der Waals surface area contributed by atoms with Crippen molar-refractivity contribution in [1.29, 1.82) is 0 Å². The van der Waals surface area contributed by atoms with Gasteiger partial charge >= 0.3 is 0 Å². The molecule has 0 fully saturated rings. The Morgan fingerprint density at radius 2 is 2.19 bits per heavy atom. The molecule has 21 heavy (non-hydrogen) atoms. The molecule has 0 saturated heterocycles. The van der Waals surface area contributed by atoms with E-state index in [1.807, 2.05) is 0 Å². The van der Waals surface area contributed by atoms with Gasteiger partial charge < -0.3 is 19.7 Å². The molecule has 0 aliphatic rings. The van der Waals surface area contributed by atoms with E-state index in [0.29, 0.717) is 41.1 Å². The molecule has 0 aliphatic carbocycles. The largest absolute Gasteiger partial charge is 0.491 e. The molecule has 0 aliphatic heterocycles. The Morgan fingerprint density at radius 1 is 1.33 bits per heavy atom. The molecule has 2 aromatic rings. The maximum atomic E-state index is 9.80. The summed E-state index contributed by atoms with van der Waals surface area (Å²) in [5.74, 6) is 1.19. The lowest BCUT2D eigenvalue weighted by Gasteiger charge is -2.13. The Labute approximate surface area is 132 Å². The molecule has 0 saturated carbocycles. The average Bonchev–Trinajstić information content (AvgIpc) is 2.98. The van der Waals surface area contributed by atoms with E-state index >= 15 is 0 Å². The quantitative estimate of drug-likeness (QED) is 0.719. The van der Waals surface area contributed by atoms with Crippen LogP contribution in [-0.2, 0) is 6.42 Å². The summed E-state index contributed by atoms with van der Waals surface area (Å²) in [4.78, 5) is 3.90. The third-order valence-electron chi connectivity index (χ3n) is 2.65. The van der Waals surface area contributed by atoms with Crippen LogP contribution in [0.5, 0.6) is 5.75 Å². The monoisotopic (exact) mass is 331 g/mol. The van der Waals surface area contributed by atoms with E-state index in [0.717, 1.165) is 0 Å². The molecule has 2 N–H and O–H groups in total. The van der Waals surface area contributed by atoms with E-state index in [4.69, 9.17) is 27.9 Å². The van der Waals surface area contributed by atoms with Crippen molar-refractivity contribution in [1.82, 2.24) is 15.5 Å². The van der Waals surface area contributed by atoms with Crippen LogP contribution in [-0.4, -0.2) is 41.0 Å². The van der Waals surface area contributed by atoms with Crippen molar-refractivity contribution >= 4 is 23.2 Å². The van der Waals surface area contributed by atoms with Crippen LogP contribution in [0.4, 0.5) is 0 Å². The first-order valence-electron chi connectivity index (χ1n) is 6.37. The summed E-state index contributed by atoms with van der Waals surface area (Å²) >= 11 is 11.7. The third kappa shape index (κ3) is 5.51. The van der Waals surface area contributed by atoms with Gasteiger partial charge in [0.15, 0.2) is 5.82 Å². The number of aliphatic hydroxyl groups is 1. The van der Waals surface area contributed by atoms with Crippen LogP contribution in [0.15, 0.2) is 29.1 Å². The lowest BCUT2D eigenvalue weighted by Crippen LogP contribution is -2.32. The van der Waals surface area contributed by atoms with E-state index in [1.54, 1.807) is 18.2 Å². The molecule has 1 atom stereocenters. The van der Waals surface area contributed by atoms with Gasteiger partial charge in [0.2, 0.25) is 6.39 Å². The van der Waals surface area contributed by atoms with E-state index in [-0.39, 0.29) is 6.61 Å². The van der Waals surface area contributed by atoms with E-state index in [1.165, 1.54) is 6.39 Å². The Bertz CT molecular complexity index is 552. The van der Waals surface area contributed by atoms with Gasteiger partial charge in [-0.3, -0.25) is 0 Å². The zero-order valence-corrected chi connectivity index (χ0v) is 12.6. The van der Waals surface area contributed by atoms with Gasteiger partial charge in [-0.25, -0.2) is 0 Å². The molecule has 114 valence electrons. The molecule has 2 rings (SSSR count). The van der Waals surface area contributed by atoms with Crippen LogP contribution in [0.2, 0.25) is 10.0 Å². The van der Waals surface area contributed by atoms with Gasteiger partial charge in [-0.15, -0.1) is 0 Å². The van der Waals surface area contributed by atoms with Crippen molar-refractivity contribution in [2.75, 3.05) is 19.7 Å². The molecule has 0 spiro atoms. The number of rotatable bonds is 8. The SMILES string of the molecule is OC(CNCCc1ncon1)COc1ccc(Cl)c(Cl)c1. The van der Waals surface area contributed by atoms with Gasteiger partial charge in [0.1, 0.15) is 18.5 Å². The summed E-state index contributed by atoms with van der Waals surface area (Å²) in [7, 11) is 0. The number of benzene rings is 1. The minimum atomic E-state index is -0.635. The first-order chi connectivity index (χ1) is 10.1. The molecule has 8 heteroatoms. The Hall–Kier alpha value is -1.34. The molecule has 1 aromatic carbocycles. The van der Waals surface area contributed by atoms with Crippen LogP contribution in [0.3, 0.4) is 0 Å². The minimum Gasteiger partial charge on any atom is -0.491 e. The van der Waals surface area contributed by atoms with Gasteiger partial charge in [0.05, 0.1) is 10.0 Å². The molecule has 0 bridgehead atoms. The first-order valence-corrected chi connectivity index (χ1v) is 7.12. The van der Waals surface area contributed by atoms with Crippen molar-refractivity contribution in [2.45, 2.75) is 12.5 Å². The van der Waals surface area contributed by atoms with Crippen molar-refractivity contribution in [3.05, 3.63) is 40.5 Å². The normalized spacial score (nSPS) is 12.3. The van der Waals surface area contributed by atoms with Gasteiger partial charge in [-0.05, 0) is 12.1 Å². The lowest BCUT2D eigenvalue weighted by molar-refractivity contribution is 0.106. The van der Waals surface area contributed by atoms with Crippen molar-refractivity contribution < 1.29 is 14.4 Å². The average molecular weight is 332 g/mol. The van der Waals surface area contributed by atoms with Gasteiger partial charge in [0, 0.05) is 25.6 Å². The lowest BCUT2D eigenvalue weighted by atomic mass is 10.3. The number of aliphatic hydroxyl groups excluding tert-OH is 1. The maximum Gasteiger partial charge on any atom is 0.213 e. The zero-order chi connectivity index (χ0) is 15.1. The van der Waals surface area contributed by atoms with Crippen LogP contribution in [0.1, 0.15) is 5.82 Å². The molecular formula is C13H15Cl2N3O3. The smallest absolute Gasteiger partial charge is 0.213 e. The van der Waals surface area contributed by atoms with Crippen molar-refractivity contribution in [3.8, 4) is 5.75 Å². The first kappa shape index (κ1) is 16.0. The number of hydrogen-bond acceptors (Lipinski definition) is 6. The molecule has 1 aromatic heterocycles. The summed E-state index contributed by atoms with van der Waals surface area (Å²) < 4.78 is 10.1. The molecular weight excluding hydrogens is 317 g/mol. The molecule has 1 unspecified atom stereocenters. The van der Waals surface area contributed by atoms with E-state index in [9.17, 15) is 5.11 Å². The summed E-state index contributed by atoms with van der Waals surface area (Å²) in [6, 6.07) is 4.96. The van der Waals surface area contributed by atoms with Gasteiger partial charge in [-0.2, -0.15) is 4.98 Å². The number of aromatic nitrogens is 2. The molecule has 0 radical (unpaired) electrons. The molecule has 0 amide bonds. The standard InChI is InChI=1S/C13H15Cl2N3O3/c14-11-2-1-10(5-12(11)15)20-7-9(19)6-16-4-3-13-17-8-21-18-13/h1-2,5,8-9,16,19H,3-4,6-7H2. The predicted octanol–water partition coefficient (Wildman–Crippen LogP) is 1.95. The van der Waals surface area contributed by atoms with E-state index in [2.05, 4.69) is 20.0 Å². The molecule has 6 nitrogen and oxygen atoms in total.